The molecular formula is C12H14Cl2N6. The van der Waals surface area contributed by atoms with Gasteiger partial charge in [-0.2, -0.15) is 0 Å². The topological polar surface area (TPSA) is 73.2 Å². The van der Waals surface area contributed by atoms with Gasteiger partial charge in [0.25, 0.3) is 0 Å². The fraction of sp³-hybridized carbons (Fsp3) is 0.417. The van der Waals surface area contributed by atoms with Crippen LogP contribution in [-0.2, 0) is 0 Å². The highest BCUT2D eigenvalue weighted by Gasteiger charge is 2.20. The maximum atomic E-state index is 6.28. The van der Waals surface area contributed by atoms with Gasteiger partial charge in [0.15, 0.2) is 6.29 Å². The molecule has 1 fully saturated rings. The van der Waals surface area contributed by atoms with Crippen molar-refractivity contribution in [3.63, 3.8) is 0 Å². The minimum absolute atomic E-state index is 0.0656. The molecule has 0 aromatic heterocycles. The van der Waals surface area contributed by atoms with E-state index in [2.05, 4.69) is 30.9 Å². The average Bonchev–Trinajstić information content (AvgIpc) is 3.06. The van der Waals surface area contributed by atoms with Gasteiger partial charge in [0.05, 0.1) is 16.6 Å². The summed E-state index contributed by atoms with van der Waals surface area (Å²) in [6.45, 7) is 2.49. The molecule has 8 heteroatoms. The van der Waals surface area contributed by atoms with E-state index >= 15 is 0 Å². The maximum Gasteiger partial charge on any atom is 0.223 e. The SMILES string of the molecule is ClC1=CC(=NC2NCCN2)CC(Cl)=C1N=C1N=CCN1. The van der Waals surface area contributed by atoms with E-state index in [1.165, 1.54) is 0 Å². The largest absolute Gasteiger partial charge is 0.349 e. The van der Waals surface area contributed by atoms with Crippen molar-refractivity contribution in [1.29, 1.82) is 0 Å². The van der Waals surface area contributed by atoms with Gasteiger partial charge in [-0.05, 0) is 6.08 Å². The van der Waals surface area contributed by atoms with Gasteiger partial charge in [-0.15, -0.1) is 0 Å². The van der Waals surface area contributed by atoms with E-state index in [0.29, 0.717) is 34.7 Å². The fourth-order valence-electron chi connectivity index (χ4n) is 2.07. The lowest BCUT2D eigenvalue weighted by molar-refractivity contribution is 0.580. The lowest BCUT2D eigenvalue weighted by Gasteiger charge is -2.14. The molecule has 2 aliphatic heterocycles. The van der Waals surface area contributed by atoms with Crippen LogP contribution in [0.25, 0.3) is 0 Å². The fourth-order valence-corrected chi connectivity index (χ4v) is 2.68. The molecule has 0 unspecified atom stereocenters. The lowest BCUT2D eigenvalue weighted by atomic mass is 10.1. The highest BCUT2D eigenvalue weighted by molar-refractivity contribution is 6.39. The second kappa shape index (κ2) is 6.05. The van der Waals surface area contributed by atoms with Crippen molar-refractivity contribution in [2.24, 2.45) is 15.0 Å². The van der Waals surface area contributed by atoms with Gasteiger partial charge >= 0.3 is 0 Å². The van der Waals surface area contributed by atoms with Crippen LogP contribution in [0.4, 0.5) is 0 Å². The number of hydrogen-bond donors (Lipinski definition) is 3. The smallest absolute Gasteiger partial charge is 0.223 e. The normalized spacial score (nSPS) is 27.6. The molecule has 3 rings (SSSR count). The van der Waals surface area contributed by atoms with E-state index in [0.717, 1.165) is 18.8 Å². The number of rotatable bonds is 2. The van der Waals surface area contributed by atoms with Crippen molar-refractivity contribution in [2.75, 3.05) is 19.6 Å². The summed E-state index contributed by atoms with van der Waals surface area (Å²) in [6, 6.07) is 0. The second-order valence-corrected chi connectivity index (χ2v) is 5.35. The summed E-state index contributed by atoms with van der Waals surface area (Å²) in [5.41, 5.74) is 1.39. The predicted molar refractivity (Wildman–Crippen MR) is 82.6 cm³/mol. The number of halogens is 2. The van der Waals surface area contributed by atoms with E-state index in [9.17, 15) is 0 Å². The highest BCUT2D eigenvalue weighted by atomic mass is 35.5. The summed E-state index contributed by atoms with van der Waals surface area (Å²) < 4.78 is 0. The molecular weight excluding hydrogens is 299 g/mol. The van der Waals surface area contributed by atoms with Crippen molar-refractivity contribution >= 4 is 41.1 Å². The van der Waals surface area contributed by atoms with E-state index in [4.69, 9.17) is 23.2 Å². The summed E-state index contributed by atoms with van der Waals surface area (Å²) in [5, 5.41) is 10.5. The monoisotopic (exact) mass is 312 g/mol. The number of allylic oxidation sites excluding steroid dienone is 3. The lowest BCUT2D eigenvalue weighted by Crippen LogP contribution is -2.30. The Morgan fingerprint density at radius 1 is 1.25 bits per heavy atom. The molecule has 20 heavy (non-hydrogen) atoms. The molecule has 2 heterocycles. The molecule has 1 saturated heterocycles. The van der Waals surface area contributed by atoms with Crippen LogP contribution in [0, 0.1) is 0 Å². The molecule has 6 nitrogen and oxygen atoms in total. The van der Waals surface area contributed by atoms with Gasteiger partial charge in [0, 0.05) is 31.4 Å². The Morgan fingerprint density at radius 3 is 2.70 bits per heavy atom. The molecule has 0 aromatic rings. The van der Waals surface area contributed by atoms with Crippen LogP contribution in [0.15, 0.2) is 36.8 Å². The van der Waals surface area contributed by atoms with Crippen LogP contribution in [0.2, 0.25) is 0 Å². The Hall–Kier alpha value is -1.21. The van der Waals surface area contributed by atoms with Gasteiger partial charge < -0.3 is 5.32 Å². The quantitative estimate of drug-likeness (QED) is 0.709. The third kappa shape index (κ3) is 3.09. The molecule has 0 radical (unpaired) electrons. The standard InChI is InChI=1S/C12H14Cl2N6/c13-8-5-7(19-11-15-1-2-16-11)6-9(14)10(8)20-12-17-3-4-18-12/h3,5,11,15-16H,1-2,4,6H2,(H,18,20). The third-order valence-electron chi connectivity index (χ3n) is 2.99. The Morgan fingerprint density at radius 2 is 2.05 bits per heavy atom. The number of guanidine groups is 1. The molecule has 0 aromatic carbocycles. The van der Waals surface area contributed by atoms with Crippen LogP contribution in [0.3, 0.4) is 0 Å². The number of hydrogen-bond acceptors (Lipinski definition) is 4. The van der Waals surface area contributed by atoms with E-state index < -0.39 is 0 Å². The first kappa shape index (κ1) is 13.8. The van der Waals surface area contributed by atoms with Crippen molar-refractivity contribution in [3.8, 4) is 0 Å². The van der Waals surface area contributed by atoms with Gasteiger partial charge in [-0.1, -0.05) is 23.2 Å². The van der Waals surface area contributed by atoms with Crippen LogP contribution < -0.4 is 16.0 Å². The minimum atomic E-state index is -0.0656. The first-order valence-corrected chi connectivity index (χ1v) is 7.13. The average molecular weight is 313 g/mol. The molecule has 106 valence electrons. The van der Waals surface area contributed by atoms with Crippen molar-refractivity contribution in [3.05, 3.63) is 21.8 Å². The zero-order valence-corrected chi connectivity index (χ0v) is 12.2. The number of nitrogens with zero attached hydrogens (tertiary/aromatic N) is 3. The van der Waals surface area contributed by atoms with Crippen LogP contribution in [0.1, 0.15) is 6.42 Å². The maximum absolute atomic E-state index is 6.28. The summed E-state index contributed by atoms with van der Waals surface area (Å²) in [5.74, 6) is 0.532. The molecule has 0 spiro atoms. The molecule has 3 N–H and O–H groups in total. The summed E-state index contributed by atoms with van der Waals surface area (Å²) in [4.78, 5) is 12.9. The number of nitrogens with one attached hydrogen (secondary N) is 3. The zero-order valence-electron chi connectivity index (χ0n) is 10.7. The van der Waals surface area contributed by atoms with Gasteiger partial charge in [-0.25, -0.2) is 9.98 Å². The van der Waals surface area contributed by atoms with E-state index in [1.807, 2.05) is 0 Å². The molecule has 1 aliphatic carbocycles. The minimum Gasteiger partial charge on any atom is -0.349 e. The van der Waals surface area contributed by atoms with Gasteiger partial charge in [-0.3, -0.25) is 15.6 Å². The zero-order chi connectivity index (χ0) is 13.9. The molecule has 0 atom stereocenters. The third-order valence-corrected chi connectivity index (χ3v) is 3.59. The Labute approximate surface area is 126 Å². The summed E-state index contributed by atoms with van der Waals surface area (Å²) in [7, 11) is 0. The molecule has 0 amide bonds. The molecule has 0 bridgehead atoms. The number of aliphatic imine (C=N–C) groups is 3. The van der Waals surface area contributed by atoms with Crippen molar-refractivity contribution in [2.45, 2.75) is 12.7 Å². The highest BCUT2D eigenvalue weighted by Crippen LogP contribution is 2.30. The predicted octanol–water partition coefficient (Wildman–Crippen LogP) is 0.911. The Bertz CT molecular complexity index is 554. The van der Waals surface area contributed by atoms with Crippen molar-refractivity contribution < 1.29 is 0 Å². The van der Waals surface area contributed by atoms with Crippen molar-refractivity contribution in [1.82, 2.24) is 16.0 Å². The summed E-state index contributed by atoms with van der Waals surface area (Å²) >= 11 is 12.5. The van der Waals surface area contributed by atoms with E-state index in [1.54, 1.807) is 12.3 Å². The van der Waals surface area contributed by atoms with Crippen LogP contribution in [-0.4, -0.2) is 43.8 Å². The first-order chi connectivity index (χ1) is 9.72. The van der Waals surface area contributed by atoms with Gasteiger partial charge in [0.1, 0.15) is 5.70 Å². The first-order valence-electron chi connectivity index (χ1n) is 6.37. The Balaban J connectivity index is 1.79. The molecule has 0 saturated carbocycles. The Kier molecular flexibility index (Phi) is 4.16. The second-order valence-electron chi connectivity index (χ2n) is 4.48. The molecule has 3 aliphatic rings. The van der Waals surface area contributed by atoms with Crippen LogP contribution >= 0.6 is 23.2 Å². The van der Waals surface area contributed by atoms with E-state index in [-0.39, 0.29) is 6.29 Å². The van der Waals surface area contributed by atoms with Gasteiger partial charge in [0.2, 0.25) is 5.96 Å². The van der Waals surface area contributed by atoms with Crippen LogP contribution in [0.5, 0.6) is 0 Å². The summed E-state index contributed by atoms with van der Waals surface area (Å²) in [6.07, 6.45) is 4.00.